The van der Waals surface area contributed by atoms with Crippen LogP contribution in [0.5, 0.6) is 0 Å². The van der Waals surface area contributed by atoms with E-state index in [0.29, 0.717) is 39.1 Å². The van der Waals surface area contributed by atoms with E-state index in [1.165, 1.54) is 0 Å². The number of nitrogens with zero attached hydrogens (tertiary/aromatic N) is 3. The van der Waals surface area contributed by atoms with Gasteiger partial charge in [0.1, 0.15) is 5.41 Å². The van der Waals surface area contributed by atoms with Crippen molar-refractivity contribution in [1.29, 1.82) is 5.26 Å². The highest BCUT2D eigenvalue weighted by Crippen LogP contribution is 2.32. The van der Waals surface area contributed by atoms with Gasteiger partial charge in [-0.15, -0.1) is 0 Å². The average Bonchev–Trinajstić information content (AvgIpc) is 2.51. The van der Waals surface area contributed by atoms with Gasteiger partial charge in [-0.1, -0.05) is 13.8 Å². The van der Waals surface area contributed by atoms with Gasteiger partial charge in [0.2, 0.25) is 5.91 Å². The molecular formula is C14H25N3O2. The number of hydrogen-bond donors (Lipinski definition) is 0. The van der Waals surface area contributed by atoms with E-state index in [1.54, 1.807) is 4.90 Å². The fourth-order valence-electron chi connectivity index (χ4n) is 2.44. The van der Waals surface area contributed by atoms with Crippen LogP contribution in [0, 0.1) is 16.7 Å². The summed E-state index contributed by atoms with van der Waals surface area (Å²) in [5.41, 5.74) is -0.788. The highest BCUT2D eigenvalue weighted by molar-refractivity contribution is 5.85. The number of carbonyl (C=O) groups is 1. The lowest BCUT2D eigenvalue weighted by Gasteiger charge is -2.38. The molecule has 0 atom stereocenters. The van der Waals surface area contributed by atoms with Crippen LogP contribution >= 0.6 is 0 Å². The lowest BCUT2D eigenvalue weighted by atomic mass is 9.78. The normalized spacial score (nSPS) is 22.9. The van der Waals surface area contributed by atoms with E-state index in [-0.39, 0.29) is 5.91 Å². The zero-order valence-electron chi connectivity index (χ0n) is 12.3. The first-order valence-corrected chi connectivity index (χ1v) is 7.15. The molecule has 0 saturated carbocycles. The molecular weight excluding hydrogens is 242 g/mol. The van der Waals surface area contributed by atoms with Crippen molar-refractivity contribution in [1.82, 2.24) is 9.80 Å². The third-order valence-electron chi connectivity index (χ3n) is 3.76. The molecule has 2 aliphatic rings. The summed E-state index contributed by atoms with van der Waals surface area (Å²) in [5.74, 6) is 0.0106. The van der Waals surface area contributed by atoms with E-state index < -0.39 is 5.41 Å². The Balaban J connectivity index is 0.000000861. The maximum Gasteiger partial charge on any atom is 0.243 e. The van der Waals surface area contributed by atoms with Crippen LogP contribution < -0.4 is 0 Å². The number of rotatable bonds is 1. The Bertz CT molecular complexity index is 324. The van der Waals surface area contributed by atoms with Gasteiger partial charge in [0, 0.05) is 13.1 Å². The molecule has 2 heterocycles. The molecule has 0 spiro atoms. The van der Waals surface area contributed by atoms with E-state index in [0.717, 1.165) is 13.1 Å². The molecule has 0 aromatic rings. The summed E-state index contributed by atoms with van der Waals surface area (Å²) in [6.45, 7) is 8.07. The minimum Gasteiger partial charge on any atom is -0.378 e. The van der Waals surface area contributed by atoms with E-state index >= 15 is 0 Å². The molecule has 0 aromatic heterocycles. The summed E-state index contributed by atoms with van der Waals surface area (Å²) in [6, 6.07) is 2.28. The SMILES string of the molecule is CC.CN1CCC(C#N)(C(=O)N2CCOCC2)CC1. The second kappa shape index (κ2) is 7.46. The number of morpholine rings is 1. The number of piperidine rings is 1. The highest BCUT2D eigenvalue weighted by atomic mass is 16.5. The lowest BCUT2D eigenvalue weighted by Crippen LogP contribution is -2.51. The van der Waals surface area contributed by atoms with Crippen LogP contribution in [0.4, 0.5) is 0 Å². The molecule has 0 N–H and O–H groups in total. The van der Waals surface area contributed by atoms with Gasteiger partial charge < -0.3 is 14.5 Å². The van der Waals surface area contributed by atoms with Crippen molar-refractivity contribution in [2.75, 3.05) is 46.4 Å². The summed E-state index contributed by atoms with van der Waals surface area (Å²) in [5, 5.41) is 9.38. The van der Waals surface area contributed by atoms with Crippen LogP contribution in [-0.2, 0) is 9.53 Å². The van der Waals surface area contributed by atoms with Crippen molar-refractivity contribution in [3.63, 3.8) is 0 Å². The first-order valence-electron chi connectivity index (χ1n) is 7.15. The standard InChI is InChI=1S/C12H19N3O2.C2H6/c1-14-4-2-12(10-13,3-5-14)11(16)15-6-8-17-9-7-15;1-2/h2-9H2,1H3;1-2H3. The summed E-state index contributed by atoms with van der Waals surface area (Å²) in [4.78, 5) is 16.4. The van der Waals surface area contributed by atoms with Crippen LogP contribution in [0.3, 0.4) is 0 Å². The minimum atomic E-state index is -0.788. The zero-order chi connectivity index (χ0) is 14.3. The van der Waals surface area contributed by atoms with Crippen LogP contribution in [0.2, 0.25) is 0 Å². The van der Waals surface area contributed by atoms with Gasteiger partial charge in [0.25, 0.3) is 0 Å². The third-order valence-corrected chi connectivity index (χ3v) is 3.76. The molecule has 0 bridgehead atoms. The predicted octanol–water partition coefficient (Wildman–Crippen LogP) is 1.11. The third kappa shape index (κ3) is 3.68. The molecule has 2 aliphatic heterocycles. The number of hydrogen-bond acceptors (Lipinski definition) is 4. The molecule has 0 unspecified atom stereocenters. The van der Waals surface area contributed by atoms with Gasteiger partial charge in [-0.2, -0.15) is 5.26 Å². The van der Waals surface area contributed by atoms with E-state index in [4.69, 9.17) is 4.74 Å². The molecule has 2 fully saturated rings. The van der Waals surface area contributed by atoms with Gasteiger partial charge in [0.15, 0.2) is 0 Å². The molecule has 0 aromatic carbocycles. The van der Waals surface area contributed by atoms with Crippen LogP contribution in [-0.4, -0.2) is 62.1 Å². The number of amides is 1. The van der Waals surface area contributed by atoms with Gasteiger partial charge >= 0.3 is 0 Å². The Labute approximate surface area is 116 Å². The van der Waals surface area contributed by atoms with Gasteiger partial charge in [-0.25, -0.2) is 0 Å². The molecule has 5 heteroatoms. The van der Waals surface area contributed by atoms with Crippen molar-refractivity contribution in [3.8, 4) is 6.07 Å². The van der Waals surface area contributed by atoms with E-state index in [1.807, 2.05) is 20.9 Å². The number of likely N-dealkylation sites (tertiary alicyclic amines) is 1. The first-order chi connectivity index (χ1) is 9.18. The molecule has 2 saturated heterocycles. The average molecular weight is 267 g/mol. The van der Waals surface area contributed by atoms with E-state index in [2.05, 4.69) is 11.0 Å². The van der Waals surface area contributed by atoms with E-state index in [9.17, 15) is 10.1 Å². The predicted molar refractivity (Wildman–Crippen MR) is 73.5 cm³/mol. The summed E-state index contributed by atoms with van der Waals surface area (Å²) in [6.07, 6.45) is 1.30. The maximum atomic E-state index is 12.4. The van der Waals surface area contributed by atoms with Gasteiger partial charge in [-0.05, 0) is 33.0 Å². The molecule has 0 aliphatic carbocycles. The molecule has 5 nitrogen and oxygen atoms in total. The molecule has 108 valence electrons. The monoisotopic (exact) mass is 267 g/mol. The lowest BCUT2D eigenvalue weighted by molar-refractivity contribution is -0.145. The van der Waals surface area contributed by atoms with Crippen molar-refractivity contribution >= 4 is 5.91 Å². The Morgan fingerprint density at radius 2 is 1.68 bits per heavy atom. The van der Waals surface area contributed by atoms with Crippen molar-refractivity contribution in [3.05, 3.63) is 0 Å². The topological polar surface area (TPSA) is 56.6 Å². The Kier molecular flexibility index (Phi) is 6.26. The second-order valence-electron chi connectivity index (χ2n) is 4.90. The quantitative estimate of drug-likeness (QED) is 0.714. The minimum absolute atomic E-state index is 0.0106. The van der Waals surface area contributed by atoms with Gasteiger partial charge in [0.05, 0.1) is 19.3 Å². The fourth-order valence-corrected chi connectivity index (χ4v) is 2.44. The van der Waals surface area contributed by atoms with Crippen LogP contribution in [0.25, 0.3) is 0 Å². The zero-order valence-corrected chi connectivity index (χ0v) is 12.3. The Hall–Kier alpha value is -1.12. The largest absolute Gasteiger partial charge is 0.378 e. The summed E-state index contributed by atoms with van der Waals surface area (Å²) in [7, 11) is 2.03. The van der Waals surface area contributed by atoms with Gasteiger partial charge in [-0.3, -0.25) is 4.79 Å². The number of ether oxygens (including phenoxy) is 1. The first kappa shape index (κ1) is 15.9. The summed E-state index contributed by atoms with van der Waals surface area (Å²) < 4.78 is 5.24. The fraction of sp³-hybridized carbons (Fsp3) is 0.857. The molecule has 0 radical (unpaired) electrons. The van der Waals surface area contributed by atoms with Crippen molar-refractivity contribution < 1.29 is 9.53 Å². The molecule has 19 heavy (non-hydrogen) atoms. The summed E-state index contributed by atoms with van der Waals surface area (Å²) >= 11 is 0. The van der Waals surface area contributed by atoms with Crippen molar-refractivity contribution in [2.45, 2.75) is 26.7 Å². The molecule has 2 rings (SSSR count). The smallest absolute Gasteiger partial charge is 0.243 e. The number of nitriles is 1. The van der Waals surface area contributed by atoms with Crippen molar-refractivity contribution in [2.24, 2.45) is 5.41 Å². The Morgan fingerprint density at radius 1 is 1.16 bits per heavy atom. The van der Waals surface area contributed by atoms with Crippen LogP contribution in [0.15, 0.2) is 0 Å². The Morgan fingerprint density at radius 3 is 2.16 bits per heavy atom. The van der Waals surface area contributed by atoms with Crippen LogP contribution in [0.1, 0.15) is 26.7 Å². The number of carbonyl (C=O) groups excluding carboxylic acids is 1. The molecule has 1 amide bonds. The highest BCUT2D eigenvalue weighted by Gasteiger charge is 2.43. The second-order valence-corrected chi connectivity index (χ2v) is 4.90. The maximum absolute atomic E-state index is 12.4.